The number of aliphatic hydroxyl groups excluding tert-OH is 2. The second kappa shape index (κ2) is 11.3. The standard InChI is InChI=1S/C25H32FNO5/c1-14(2)23-19(11-10-18(28)12-21(29)25(30)31)22(16-6-8-17(26)9-7-16)20(13-32-5)24(27-23)15(3)4/h6-11,14-15,18,21,28-29H,12-13H2,1-5H3,(H,30,31)/b11-10+. The molecule has 6 nitrogen and oxygen atoms in total. The normalized spacial score (nSPS) is 13.8. The maximum absolute atomic E-state index is 13.7. The van der Waals surface area contributed by atoms with Gasteiger partial charge in [-0.15, -0.1) is 0 Å². The van der Waals surface area contributed by atoms with Crippen LogP contribution in [0, 0.1) is 5.82 Å². The number of ether oxygens (including phenoxy) is 1. The first-order valence-corrected chi connectivity index (χ1v) is 10.6. The van der Waals surface area contributed by atoms with E-state index in [0.29, 0.717) is 6.61 Å². The van der Waals surface area contributed by atoms with Crippen LogP contribution in [0.5, 0.6) is 0 Å². The topological polar surface area (TPSA) is 99.9 Å². The van der Waals surface area contributed by atoms with Crippen molar-refractivity contribution in [1.29, 1.82) is 0 Å². The van der Waals surface area contributed by atoms with E-state index in [-0.39, 0.29) is 24.1 Å². The SMILES string of the molecule is COCc1c(C(C)C)nc(C(C)C)c(/C=C/C(O)CC(O)C(=O)O)c1-c1ccc(F)cc1. The van der Waals surface area contributed by atoms with Crippen LogP contribution in [-0.4, -0.2) is 45.6 Å². The van der Waals surface area contributed by atoms with Crippen molar-refractivity contribution < 1.29 is 29.2 Å². The molecule has 0 radical (unpaired) electrons. The second-order valence-corrected chi connectivity index (χ2v) is 8.42. The number of pyridine rings is 1. The van der Waals surface area contributed by atoms with Crippen molar-refractivity contribution in [3.05, 3.63) is 58.7 Å². The number of hydrogen-bond acceptors (Lipinski definition) is 5. The van der Waals surface area contributed by atoms with Crippen LogP contribution in [0.4, 0.5) is 4.39 Å². The predicted octanol–water partition coefficient (Wildman–Crippen LogP) is 4.49. The summed E-state index contributed by atoms with van der Waals surface area (Å²) in [6.07, 6.45) is -0.0203. The van der Waals surface area contributed by atoms with Crippen molar-refractivity contribution in [3.8, 4) is 11.1 Å². The monoisotopic (exact) mass is 445 g/mol. The lowest BCUT2D eigenvalue weighted by Gasteiger charge is -2.23. The smallest absolute Gasteiger partial charge is 0.332 e. The van der Waals surface area contributed by atoms with E-state index in [4.69, 9.17) is 14.8 Å². The zero-order chi connectivity index (χ0) is 24.0. The van der Waals surface area contributed by atoms with Gasteiger partial charge in [-0.3, -0.25) is 4.98 Å². The van der Waals surface area contributed by atoms with E-state index >= 15 is 0 Å². The molecular weight excluding hydrogens is 413 g/mol. The number of carboxylic acid groups (broad SMARTS) is 1. The molecule has 32 heavy (non-hydrogen) atoms. The van der Waals surface area contributed by atoms with Gasteiger partial charge < -0.3 is 20.1 Å². The molecular formula is C25H32FNO5. The third-order valence-corrected chi connectivity index (χ3v) is 5.15. The minimum Gasteiger partial charge on any atom is -0.479 e. The van der Waals surface area contributed by atoms with Crippen molar-refractivity contribution in [1.82, 2.24) is 4.98 Å². The molecule has 0 spiro atoms. The minimum absolute atomic E-state index is 0.0460. The Balaban J connectivity index is 2.76. The number of carbonyl (C=O) groups is 1. The Hall–Kier alpha value is -2.61. The lowest BCUT2D eigenvalue weighted by molar-refractivity contribution is -0.147. The van der Waals surface area contributed by atoms with Crippen LogP contribution in [-0.2, 0) is 16.1 Å². The Kier molecular flexibility index (Phi) is 9.07. The lowest BCUT2D eigenvalue weighted by Crippen LogP contribution is -2.24. The fraction of sp³-hybridized carbons (Fsp3) is 0.440. The molecule has 2 atom stereocenters. The average Bonchev–Trinajstić information content (AvgIpc) is 2.72. The highest BCUT2D eigenvalue weighted by Crippen LogP contribution is 2.37. The first-order valence-electron chi connectivity index (χ1n) is 10.6. The molecule has 0 fully saturated rings. The molecule has 3 N–H and O–H groups in total. The number of aliphatic hydroxyl groups is 2. The molecule has 2 unspecified atom stereocenters. The number of benzene rings is 1. The van der Waals surface area contributed by atoms with Gasteiger partial charge in [-0.05, 0) is 35.1 Å². The molecule has 1 heterocycles. The van der Waals surface area contributed by atoms with Crippen LogP contribution in [0.3, 0.4) is 0 Å². The molecule has 0 aliphatic carbocycles. The Morgan fingerprint density at radius 3 is 2.19 bits per heavy atom. The Labute approximate surface area is 188 Å². The van der Waals surface area contributed by atoms with Crippen LogP contribution in [0.2, 0.25) is 0 Å². The largest absolute Gasteiger partial charge is 0.479 e. The molecule has 1 aromatic carbocycles. The zero-order valence-corrected chi connectivity index (χ0v) is 19.2. The van der Waals surface area contributed by atoms with Crippen LogP contribution in [0.15, 0.2) is 30.3 Å². The number of aromatic nitrogens is 1. The van der Waals surface area contributed by atoms with Gasteiger partial charge in [0.05, 0.1) is 18.4 Å². The van der Waals surface area contributed by atoms with Gasteiger partial charge in [0.25, 0.3) is 0 Å². The third-order valence-electron chi connectivity index (χ3n) is 5.15. The maximum Gasteiger partial charge on any atom is 0.332 e. The number of halogens is 1. The summed E-state index contributed by atoms with van der Waals surface area (Å²) in [5.74, 6) is -1.58. The molecule has 0 saturated heterocycles. The Morgan fingerprint density at radius 1 is 1.09 bits per heavy atom. The van der Waals surface area contributed by atoms with Gasteiger partial charge in [0.15, 0.2) is 6.10 Å². The summed E-state index contributed by atoms with van der Waals surface area (Å²) in [6.45, 7) is 8.42. The number of carboxylic acids is 1. The molecule has 0 aliphatic heterocycles. The number of hydrogen-bond donors (Lipinski definition) is 3. The fourth-order valence-corrected chi connectivity index (χ4v) is 3.61. The van der Waals surface area contributed by atoms with E-state index in [1.165, 1.54) is 18.2 Å². The van der Waals surface area contributed by atoms with E-state index < -0.39 is 18.2 Å². The van der Waals surface area contributed by atoms with Crippen LogP contribution in [0.25, 0.3) is 17.2 Å². The zero-order valence-electron chi connectivity index (χ0n) is 19.2. The van der Waals surface area contributed by atoms with Crippen molar-refractivity contribution in [2.75, 3.05) is 7.11 Å². The summed E-state index contributed by atoms with van der Waals surface area (Å²) in [4.78, 5) is 15.8. The van der Waals surface area contributed by atoms with Crippen molar-refractivity contribution in [2.45, 2.75) is 64.8 Å². The van der Waals surface area contributed by atoms with Crippen molar-refractivity contribution in [3.63, 3.8) is 0 Å². The average molecular weight is 446 g/mol. The number of methoxy groups -OCH3 is 1. The van der Waals surface area contributed by atoms with Crippen molar-refractivity contribution in [2.24, 2.45) is 0 Å². The second-order valence-electron chi connectivity index (χ2n) is 8.42. The van der Waals surface area contributed by atoms with Gasteiger partial charge in [-0.2, -0.15) is 0 Å². The van der Waals surface area contributed by atoms with Gasteiger partial charge >= 0.3 is 5.97 Å². The highest BCUT2D eigenvalue weighted by molar-refractivity contribution is 5.80. The lowest BCUT2D eigenvalue weighted by atomic mass is 9.87. The molecule has 174 valence electrons. The molecule has 0 aliphatic rings. The highest BCUT2D eigenvalue weighted by Gasteiger charge is 2.23. The van der Waals surface area contributed by atoms with E-state index in [1.807, 2.05) is 27.7 Å². The third kappa shape index (κ3) is 6.22. The molecule has 7 heteroatoms. The van der Waals surface area contributed by atoms with Crippen LogP contribution >= 0.6 is 0 Å². The summed E-state index contributed by atoms with van der Waals surface area (Å²) >= 11 is 0. The predicted molar refractivity (Wildman–Crippen MR) is 122 cm³/mol. The summed E-state index contributed by atoms with van der Waals surface area (Å²) in [6, 6.07) is 6.17. The number of aliphatic carboxylic acids is 1. The molecule has 2 aromatic rings. The van der Waals surface area contributed by atoms with E-state index in [9.17, 15) is 19.4 Å². The summed E-state index contributed by atoms with van der Waals surface area (Å²) in [7, 11) is 1.60. The molecule has 0 saturated carbocycles. The minimum atomic E-state index is -1.67. The highest BCUT2D eigenvalue weighted by atomic mass is 19.1. The fourth-order valence-electron chi connectivity index (χ4n) is 3.61. The van der Waals surface area contributed by atoms with Gasteiger partial charge in [-0.1, -0.05) is 52.0 Å². The van der Waals surface area contributed by atoms with Gasteiger partial charge in [0.1, 0.15) is 5.82 Å². The first kappa shape index (κ1) is 25.6. The van der Waals surface area contributed by atoms with E-state index in [1.54, 1.807) is 25.3 Å². The van der Waals surface area contributed by atoms with E-state index in [0.717, 1.165) is 33.6 Å². The van der Waals surface area contributed by atoms with E-state index in [2.05, 4.69) is 0 Å². The van der Waals surface area contributed by atoms with Crippen LogP contribution < -0.4 is 0 Å². The quantitative estimate of drug-likeness (QED) is 0.498. The summed E-state index contributed by atoms with van der Waals surface area (Å²) < 4.78 is 19.1. The van der Waals surface area contributed by atoms with Gasteiger partial charge in [0, 0.05) is 30.4 Å². The van der Waals surface area contributed by atoms with Gasteiger partial charge in [-0.25, -0.2) is 9.18 Å². The molecule has 1 aromatic heterocycles. The summed E-state index contributed by atoms with van der Waals surface area (Å²) in [5, 5.41) is 28.7. The Morgan fingerprint density at radius 2 is 1.69 bits per heavy atom. The maximum atomic E-state index is 13.7. The number of nitrogens with zero attached hydrogens (tertiary/aromatic N) is 1. The first-order chi connectivity index (χ1) is 15.1. The van der Waals surface area contributed by atoms with Crippen molar-refractivity contribution >= 4 is 12.0 Å². The Bertz CT molecular complexity index is 954. The molecule has 0 bridgehead atoms. The molecule has 0 amide bonds. The number of rotatable bonds is 10. The van der Waals surface area contributed by atoms with Gasteiger partial charge in [0.2, 0.25) is 0 Å². The molecule has 2 rings (SSSR count). The van der Waals surface area contributed by atoms with Crippen LogP contribution in [0.1, 0.15) is 68.5 Å². The summed E-state index contributed by atoms with van der Waals surface area (Å²) in [5.41, 5.74) is 4.91.